The maximum atomic E-state index is 12.7. The van der Waals surface area contributed by atoms with Gasteiger partial charge in [0.15, 0.2) is 11.5 Å². The van der Waals surface area contributed by atoms with Gasteiger partial charge in [-0.2, -0.15) is 0 Å². The highest BCUT2D eigenvalue weighted by atomic mass is 32.1. The Morgan fingerprint density at radius 3 is 2.20 bits per heavy atom. The Bertz CT molecular complexity index is 1140. The fourth-order valence-electron chi connectivity index (χ4n) is 4.16. The number of hydrogen-bond acceptors (Lipinski definition) is 6. The average Bonchev–Trinajstić information content (AvgIpc) is 3.38. The van der Waals surface area contributed by atoms with Crippen molar-refractivity contribution in [2.24, 2.45) is 0 Å². The molecule has 2 aromatic carbocycles. The zero-order valence-corrected chi connectivity index (χ0v) is 20.9. The molecule has 1 saturated carbocycles. The molecule has 1 heterocycles. The van der Waals surface area contributed by atoms with Crippen LogP contribution >= 0.6 is 11.3 Å². The first kappa shape index (κ1) is 24.7. The van der Waals surface area contributed by atoms with Gasteiger partial charge < -0.3 is 20.1 Å². The number of carbonyl (C=O) groups is 2. The fourth-order valence-corrected chi connectivity index (χ4v) is 4.85. The van der Waals surface area contributed by atoms with Crippen molar-refractivity contribution in [3.63, 3.8) is 0 Å². The summed E-state index contributed by atoms with van der Waals surface area (Å²) in [7, 11) is 1.60. The van der Waals surface area contributed by atoms with Gasteiger partial charge in [0.2, 0.25) is 0 Å². The smallest absolute Gasteiger partial charge is 0.270 e. The van der Waals surface area contributed by atoms with Gasteiger partial charge in [-0.25, -0.2) is 4.98 Å². The highest BCUT2D eigenvalue weighted by molar-refractivity contribution is 7.09. The SMILES string of the molecule is CCc1ccc(C(=O)NC2CCC(NC(=O)c3csc(COc4ccccc4OC)n3)CC2)cc1. The maximum absolute atomic E-state index is 12.7. The lowest BCUT2D eigenvalue weighted by Crippen LogP contribution is -2.43. The number of ether oxygens (including phenoxy) is 2. The molecule has 1 fully saturated rings. The van der Waals surface area contributed by atoms with E-state index >= 15 is 0 Å². The van der Waals surface area contributed by atoms with Crippen LogP contribution in [0.25, 0.3) is 0 Å². The summed E-state index contributed by atoms with van der Waals surface area (Å²) >= 11 is 1.39. The Kier molecular flexibility index (Phi) is 8.36. The lowest BCUT2D eigenvalue weighted by molar-refractivity contribution is 0.0889. The Morgan fingerprint density at radius 1 is 0.943 bits per heavy atom. The largest absolute Gasteiger partial charge is 0.493 e. The van der Waals surface area contributed by atoms with E-state index in [1.54, 1.807) is 12.5 Å². The Balaban J connectivity index is 1.22. The topological polar surface area (TPSA) is 89.6 Å². The molecule has 0 saturated heterocycles. The second kappa shape index (κ2) is 11.8. The number of carbonyl (C=O) groups excluding carboxylic acids is 2. The maximum Gasteiger partial charge on any atom is 0.270 e. The molecule has 0 atom stereocenters. The van der Waals surface area contributed by atoms with E-state index in [0.29, 0.717) is 22.8 Å². The van der Waals surface area contributed by atoms with Crippen molar-refractivity contribution in [2.75, 3.05) is 7.11 Å². The summed E-state index contributed by atoms with van der Waals surface area (Å²) in [4.78, 5) is 29.7. The van der Waals surface area contributed by atoms with E-state index in [-0.39, 0.29) is 30.5 Å². The van der Waals surface area contributed by atoms with Crippen LogP contribution in [0.3, 0.4) is 0 Å². The summed E-state index contributed by atoms with van der Waals surface area (Å²) in [5, 5.41) is 8.70. The molecule has 7 nitrogen and oxygen atoms in total. The van der Waals surface area contributed by atoms with E-state index in [2.05, 4.69) is 22.5 Å². The third kappa shape index (κ3) is 6.60. The number of hydrogen-bond donors (Lipinski definition) is 2. The van der Waals surface area contributed by atoms with E-state index in [9.17, 15) is 9.59 Å². The highest BCUT2D eigenvalue weighted by Gasteiger charge is 2.25. The first-order valence-electron chi connectivity index (χ1n) is 12.0. The Hall–Kier alpha value is -3.39. The number of amides is 2. The summed E-state index contributed by atoms with van der Waals surface area (Å²) in [6.07, 6.45) is 4.26. The van der Waals surface area contributed by atoms with E-state index in [0.717, 1.165) is 37.1 Å². The van der Waals surface area contributed by atoms with Crippen LogP contribution < -0.4 is 20.1 Å². The lowest BCUT2D eigenvalue weighted by atomic mass is 9.91. The van der Waals surface area contributed by atoms with Gasteiger partial charge in [0.1, 0.15) is 17.3 Å². The van der Waals surface area contributed by atoms with Gasteiger partial charge in [0.25, 0.3) is 11.8 Å². The molecule has 35 heavy (non-hydrogen) atoms. The van der Waals surface area contributed by atoms with Gasteiger partial charge in [-0.3, -0.25) is 9.59 Å². The molecule has 1 aromatic heterocycles. The van der Waals surface area contributed by atoms with Crippen LogP contribution in [-0.2, 0) is 13.0 Å². The van der Waals surface area contributed by atoms with Crippen LogP contribution in [-0.4, -0.2) is 36.0 Å². The molecular formula is C27H31N3O4S. The van der Waals surface area contributed by atoms with Crippen molar-refractivity contribution < 1.29 is 19.1 Å². The number of nitrogens with zero attached hydrogens (tertiary/aromatic N) is 1. The van der Waals surface area contributed by atoms with E-state index in [1.807, 2.05) is 48.5 Å². The second-order valence-corrected chi connectivity index (χ2v) is 9.55. The van der Waals surface area contributed by atoms with Crippen molar-refractivity contribution in [2.45, 2.75) is 57.7 Å². The van der Waals surface area contributed by atoms with Crippen molar-refractivity contribution in [1.82, 2.24) is 15.6 Å². The molecular weight excluding hydrogens is 462 g/mol. The Labute approximate surface area is 209 Å². The number of rotatable bonds is 9. The van der Waals surface area contributed by atoms with E-state index < -0.39 is 0 Å². The summed E-state index contributed by atoms with van der Waals surface area (Å²) in [5.74, 6) is 1.08. The van der Waals surface area contributed by atoms with Crippen molar-refractivity contribution in [3.05, 3.63) is 75.7 Å². The summed E-state index contributed by atoms with van der Waals surface area (Å²) in [6.45, 7) is 2.36. The van der Waals surface area contributed by atoms with Gasteiger partial charge >= 0.3 is 0 Å². The van der Waals surface area contributed by atoms with Gasteiger partial charge in [-0.15, -0.1) is 11.3 Å². The number of aryl methyl sites for hydroxylation is 1. The second-order valence-electron chi connectivity index (χ2n) is 8.61. The van der Waals surface area contributed by atoms with Gasteiger partial charge in [0.05, 0.1) is 7.11 Å². The monoisotopic (exact) mass is 493 g/mol. The zero-order valence-electron chi connectivity index (χ0n) is 20.1. The average molecular weight is 494 g/mol. The summed E-state index contributed by atoms with van der Waals surface area (Å²) in [6, 6.07) is 15.4. The molecule has 0 aliphatic heterocycles. The number of para-hydroxylation sites is 2. The number of thiazole rings is 1. The van der Waals surface area contributed by atoms with Crippen LogP contribution in [0.4, 0.5) is 0 Å². The molecule has 8 heteroatoms. The van der Waals surface area contributed by atoms with Gasteiger partial charge in [-0.1, -0.05) is 31.2 Å². The van der Waals surface area contributed by atoms with Crippen LogP contribution in [0.1, 0.15) is 64.0 Å². The van der Waals surface area contributed by atoms with Crippen molar-refractivity contribution in [1.29, 1.82) is 0 Å². The molecule has 3 aromatic rings. The molecule has 184 valence electrons. The van der Waals surface area contributed by atoms with E-state index in [4.69, 9.17) is 9.47 Å². The summed E-state index contributed by atoms with van der Waals surface area (Å²) < 4.78 is 11.1. The van der Waals surface area contributed by atoms with Gasteiger partial charge in [-0.05, 0) is 61.9 Å². The third-order valence-electron chi connectivity index (χ3n) is 6.23. The minimum absolute atomic E-state index is 0.0366. The van der Waals surface area contributed by atoms with Gasteiger partial charge in [0, 0.05) is 23.0 Å². The quantitative estimate of drug-likeness (QED) is 0.448. The van der Waals surface area contributed by atoms with Crippen molar-refractivity contribution in [3.8, 4) is 11.5 Å². The predicted molar refractivity (Wildman–Crippen MR) is 136 cm³/mol. The van der Waals surface area contributed by atoms with Crippen LogP contribution in [0.15, 0.2) is 53.9 Å². The number of benzene rings is 2. The lowest BCUT2D eigenvalue weighted by Gasteiger charge is -2.29. The Morgan fingerprint density at radius 2 is 1.57 bits per heavy atom. The number of aromatic nitrogens is 1. The standard InChI is InChI=1S/C27H31N3O4S/c1-3-18-8-10-19(11-9-18)26(31)28-20-12-14-21(15-13-20)29-27(32)22-17-35-25(30-22)16-34-24-7-5-4-6-23(24)33-2/h4-11,17,20-21H,3,12-16H2,1-2H3,(H,28,31)(H,29,32). The minimum atomic E-state index is -0.173. The number of nitrogens with one attached hydrogen (secondary N) is 2. The van der Waals surface area contributed by atoms with E-state index in [1.165, 1.54) is 16.9 Å². The molecule has 0 radical (unpaired) electrons. The fraction of sp³-hybridized carbons (Fsp3) is 0.370. The summed E-state index contributed by atoms with van der Waals surface area (Å²) in [5.41, 5.74) is 2.31. The first-order chi connectivity index (χ1) is 17.1. The molecule has 1 aliphatic rings. The van der Waals surface area contributed by atoms with Crippen molar-refractivity contribution >= 4 is 23.2 Å². The molecule has 2 amide bonds. The molecule has 1 aliphatic carbocycles. The van der Waals surface area contributed by atoms with Crippen LogP contribution in [0, 0.1) is 0 Å². The molecule has 4 rings (SSSR count). The normalized spacial score (nSPS) is 17.4. The molecule has 0 bridgehead atoms. The number of methoxy groups -OCH3 is 1. The zero-order chi connectivity index (χ0) is 24.6. The van der Waals surface area contributed by atoms with Crippen LogP contribution in [0.2, 0.25) is 0 Å². The highest BCUT2D eigenvalue weighted by Crippen LogP contribution is 2.27. The third-order valence-corrected chi connectivity index (χ3v) is 7.05. The molecule has 0 spiro atoms. The molecule has 0 unspecified atom stereocenters. The minimum Gasteiger partial charge on any atom is -0.493 e. The van der Waals surface area contributed by atoms with Crippen LogP contribution in [0.5, 0.6) is 11.5 Å². The predicted octanol–water partition coefficient (Wildman–Crippen LogP) is 4.76. The molecule has 2 N–H and O–H groups in total. The first-order valence-corrected chi connectivity index (χ1v) is 12.8.